The lowest BCUT2D eigenvalue weighted by Crippen LogP contribution is -2.48. The van der Waals surface area contributed by atoms with Crippen molar-refractivity contribution in [3.8, 4) is 5.75 Å². The molecule has 15 heteroatoms. The molecule has 1 aromatic carbocycles. The Morgan fingerprint density at radius 1 is 1.19 bits per heavy atom. The molecule has 2 heterocycles. The molecule has 0 saturated carbocycles. The second kappa shape index (κ2) is 16.8. The van der Waals surface area contributed by atoms with E-state index in [0.717, 1.165) is 12.8 Å². The molecule has 3 N–H and O–H groups in total. The second-order valence-electron chi connectivity index (χ2n) is 12.2. The lowest BCUT2D eigenvalue weighted by atomic mass is 10.0. The Kier molecular flexibility index (Phi) is 13.5. The van der Waals surface area contributed by atoms with E-state index in [4.69, 9.17) is 14.0 Å². The summed E-state index contributed by atoms with van der Waals surface area (Å²) in [5.41, 5.74) is 1.25. The number of carbonyl (C=O) groups excluding carboxylic acids is 3. The predicted octanol–water partition coefficient (Wildman–Crippen LogP) is 5.53. The van der Waals surface area contributed by atoms with Gasteiger partial charge in [-0.3, -0.25) is 9.59 Å². The van der Waals surface area contributed by atoms with Crippen LogP contribution in [-0.2, 0) is 9.53 Å². The number of aliphatic hydroxyl groups excluding tert-OH is 1. The Hall–Kier alpha value is -3.85. The van der Waals surface area contributed by atoms with Gasteiger partial charge < -0.3 is 39.5 Å². The third-order valence-electron chi connectivity index (χ3n) is 8.04. The van der Waals surface area contributed by atoms with Crippen LogP contribution in [0.2, 0.25) is 0 Å². The molecule has 1 aliphatic heterocycles. The summed E-state index contributed by atoms with van der Waals surface area (Å²) in [7, 11) is 1.63. The van der Waals surface area contributed by atoms with Gasteiger partial charge in [0.05, 0.1) is 36.8 Å². The summed E-state index contributed by atoms with van der Waals surface area (Å²) in [6.45, 7) is 9.22. The van der Waals surface area contributed by atoms with Gasteiger partial charge in [-0.05, 0) is 65.2 Å². The summed E-state index contributed by atoms with van der Waals surface area (Å²) in [5, 5.41) is 19.2. The first-order valence-corrected chi connectivity index (χ1v) is 15.7. The molecule has 4 atom stereocenters. The standard InChI is InChI=1S/C32H46F3N5O7/c1-19-16-40(20(2)18-41)30(43)25-15-24(36-28(42)12-13-32(33,34)35)10-11-26(25)46-21(3)9-7-8-14-45-27(19)17-39(6)31(44)37-29-22(4)38-47-23(29)5/h10-11,15,19-21,27,41H,7-9,12-14,16-18H2,1-6H3,(H,36,42)(H,37,44)/t19-,20+,21-,27-/m0/s1. The van der Waals surface area contributed by atoms with Gasteiger partial charge in [0.25, 0.3) is 5.91 Å². The topological polar surface area (TPSA) is 146 Å². The summed E-state index contributed by atoms with van der Waals surface area (Å²) in [5.74, 6) is -0.951. The highest BCUT2D eigenvalue weighted by Gasteiger charge is 2.32. The fourth-order valence-electron chi connectivity index (χ4n) is 5.16. The van der Waals surface area contributed by atoms with Crippen LogP contribution in [0, 0.1) is 19.8 Å². The van der Waals surface area contributed by atoms with Gasteiger partial charge in [0.15, 0.2) is 5.76 Å². The molecule has 1 aliphatic rings. The first-order chi connectivity index (χ1) is 22.1. The number of rotatable bonds is 8. The Bertz CT molecular complexity index is 1350. The maximum atomic E-state index is 14.2. The molecule has 12 nitrogen and oxygen atoms in total. The van der Waals surface area contributed by atoms with Gasteiger partial charge in [0.1, 0.15) is 17.1 Å². The van der Waals surface area contributed by atoms with Crippen molar-refractivity contribution in [1.29, 1.82) is 0 Å². The average Bonchev–Trinajstić information content (AvgIpc) is 3.33. The third-order valence-corrected chi connectivity index (χ3v) is 8.04. The zero-order valence-corrected chi connectivity index (χ0v) is 27.8. The van der Waals surface area contributed by atoms with E-state index in [1.54, 1.807) is 27.8 Å². The van der Waals surface area contributed by atoms with Crippen LogP contribution in [0.4, 0.5) is 29.3 Å². The normalized spacial score (nSPS) is 20.4. The third kappa shape index (κ3) is 11.1. The first kappa shape index (κ1) is 37.6. The summed E-state index contributed by atoms with van der Waals surface area (Å²) in [4.78, 5) is 42.5. The highest BCUT2D eigenvalue weighted by molar-refractivity contribution is 5.99. The van der Waals surface area contributed by atoms with Crippen molar-refractivity contribution in [3.05, 3.63) is 35.2 Å². The number of likely N-dealkylation sites (N-methyl/N-ethyl adjacent to an activating group) is 1. The molecule has 0 radical (unpaired) electrons. The van der Waals surface area contributed by atoms with E-state index in [-0.39, 0.29) is 48.7 Å². The number of fused-ring (bicyclic) bond motifs is 1. The number of anilines is 2. The minimum absolute atomic E-state index is 0.0865. The van der Waals surface area contributed by atoms with Crippen LogP contribution < -0.4 is 15.4 Å². The Morgan fingerprint density at radius 2 is 1.91 bits per heavy atom. The largest absolute Gasteiger partial charge is 0.490 e. The van der Waals surface area contributed by atoms with Gasteiger partial charge in [-0.2, -0.15) is 13.2 Å². The minimum atomic E-state index is -4.48. The number of amides is 4. The number of hydrogen-bond donors (Lipinski definition) is 3. The zero-order valence-electron chi connectivity index (χ0n) is 27.8. The number of aromatic nitrogens is 1. The van der Waals surface area contributed by atoms with Gasteiger partial charge in [-0.1, -0.05) is 12.1 Å². The van der Waals surface area contributed by atoms with Crippen LogP contribution in [0.3, 0.4) is 0 Å². The first-order valence-electron chi connectivity index (χ1n) is 15.7. The molecule has 2 aromatic rings. The molecule has 0 bridgehead atoms. The van der Waals surface area contributed by atoms with Crippen LogP contribution >= 0.6 is 0 Å². The van der Waals surface area contributed by atoms with Crippen molar-refractivity contribution in [1.82, 2.24) is 15.0 Å². The fourth-order valence-corrected chi connectivity index (χ4v) is 5.16. The van der Waals surface area contributed by atoms with Gasteiger partial charge in [0, 0.05) is 44.8 Å². The summed E-state index contributed by atoms with van der Waals surface area (Å²) >= 11 is 0. The lowest BCUT2D eigenvalue weighted by Gasteiger charge is -2.35. The van der Waals surface area contributed by atoms with Crippen molar-refractivity contribution in [2.24, 2.45) is 5.92 Å². The number of halogens is 3. The Labute approximate surface area is 272 Å². The molecular weight excluding hydrogens is 623 g/mol. The van der Waals surface area contributed by atoms with Crippen LogP contribution in [0.5, 0.6) is 5.75 Å². The molecule has 0 unspecified atom stereocenters. The van der Waals surface area contributed by atoms with Crippen LogP contribution in [0.25, 0.3) is 0 Å². The maximum absolute atomic E-state index is 14.2. The zero-order chi connectivity index (χ0) is 34.9. The smallest absolute Gasteiger partial charge is 0.389 e. The van der Waals surface area contributed by atoms with E-state index < -0.39 is 49.0 Å². The monoisotopic (exact) mass is 669 g/mol. The molecule has 3 rings (SSSR count). The number of urea groups is 1. The highest BCUT2D eigenvalue weighted by Crippen LogP contribution is 2.29. The van der Waals surface area contributed by atoms with Crippen LogP contribution in [0.15, 0.2) is 22.7 Å². The van der Waals surface area contributed by atoms with Crippen molar-refractivity contribution >= 4 is 29.2 Å². The Balaban J connectivity index is 1.89. The number of benzene rings is 1. The molecule has 0 aliphatic carbocycles. The number of nitrogens with one attached hydrogen (secondary N) is 2. The number of carbonyl (C=O) groups is 3. The molecule has 0 spiro atoms. The highest BCUT2D eigenvalue weighted by atomic mass is 19.4. The van der Waals surface area contributed by atoms with E-state index in [9.17, 15) is 32.7 Å². The van der Waals surface area contributed by atoms with Crippen molar-refractivity contribution < 1.29 is 46.7 Å². The minimum Gasteiger partial charge on any atom is -0.490 e. The molecule has 1 aromatic heterocycles. The second-order valence-corrected chi connectivity index (χ2v) is 12.2. The van der Waals surface area contributed by atoms with E-state index in [1.807, 2.05) is 13.8 Å². The van der Waals surface area contributed by atoms with Gasteiger partial charge >= 0.3 is 12.2 Å². The number of aryl methyl sites for hydroxylation is 2. The van der Waals surface area contributed by atoms with E-state index in [1.165, 1.54) is 28.0 Å². The fraction of sp³-hybridized carbons (Fsp3) is 0.625. The van der Waals surface area contributed by atoms with Crippen molar-refractivity contribution in [2.75, 3.05) is 44.0 Å². The summed E-state index contributed by atoms with van der Waals surface area (Å²) in [6.07, 6.45) is -5.19. The van der Waals surface area contributed by atoms with Gasteiger partial charge in [-0.15, -0.1) is 0 Å². The van der Waals surface area contributed by atoms with Crippen LogP contribution in [0.1, 0.15) is 74.7 Å². The van der Waals surface area contributed by atoms with Crippen LogP contribution in [-0.4, -0.2) is 95.7 Å². The molecular formula is C32H46F3N5O7. The number of aliphatic hydroxyl groups is 1. The SMILES string of the molecule is Cc1noc(C)c1NC(=O)N(C)C[C@@H]1OCCCC[C@H](C)Oc2ccc(NC(=O)CCC(F)(F)F)cc2C(=O)N([C@H](C)CO)C[C@@H]1C. The number of nitrogens with zero attached hydrogens (tertiary/aromatic N) is 3. The molecule has 47 heavy (non-hydrogen) atoms. The lowest BCUT2D eigenvalue weighted by molar-refractivity contribution is -0.142. The number of hydrogen-bond acceptors (Lipinski definition) is 8. The molecule has 0 fully saturated rings. The summed E-state index contributed by atoms with van der Waals surface area (Å²) < 4.78 is 55.6. The summed E-state index contributed by atoms with van der Waals surface area (Å²) in [6, 6.07) is 3.33. The van der Waals surface area contributed by atoms with E-state index in [0.29, 0.717) is 30.2 Å². The molecule has 262 valence electrons. The van der Waals surface area contributed by atoms with Crippen molar-refractivity contribution in [3.63, 3.8) is 0 Å². The predicted molar refractivity (Wildman–Crippen MR) is 168 cm³/mol. The van der Waals surface area contributed by atoms with E-state index >= 15 is 0 Å². The average molecular weight is 670 g/mol. The molecule has 0 saturated heterocycles. The van der Waals surface area contributed by atoms with Crippen molar-refractivity contribution in [2.45, 2.75) is 91.1 Å². The van der Waals surface area contributed by atoms with Gasteiger partial charge in [-0.25, -0.2) is 4.79 Å². The van der Waals surface area contributed by atoms with E-state index in [2.05, 4.69) is 15.8 Å². The maximum Gasteiger partial charge on any atom is 0.389 e. The quantitative estimate of drug-likeness (QED) is 0.333. The Morgan fingerprint density at radius 3 is 2.55 bits per heavy atom. The number of ether oxygens (including phenoxy) is 2. The number of alkyl halides is 3. The molecule has 4 amide bonds. The van der Waals surface area contributed by atoms with Gasteiger partial charge in [0.2, 0.25) is 5.91 Å².